The van der Waals surface area contributed by atoms with Gasteiger partial charge in [-0.25, -0.2) is 4.39 Å². The highest BCUT2D eigenvalue weighted by molar-refractivity contribution is 9.10. The lowest BCUT2D eigenvalue weighted by atomic mass is 10.1. The number of halogens is 2. The van der Waals surface area contributed by atoms with Gasteiger partial charge in [0.25, 0.3) is 5.91 Å². The van der Waals surface area contributed by atoms with Gasteiger partial charge in [-0.2, -0.15) is 0 Å². The summed E-state index contributed by atoms with van der Waals surface area (Å²) in [4.78, 5) is 12.9. The van der Waals surface area contributed by atoms with E-state index in [0.717, 1.165) is 9.35 Å². The molecule has 100 valence electrons. The third-order valence-electron chi connectivity index (χ3n) is 2.75. The van der Waals surface area contributed by atoms with E-state index in [1.165, 1.54) is 23.5 Å². The van der Waals surface area contributed by atoms with E-state index >= 15 is 0 Å². The van der Waals surface area contributed by atoms with Gasteiger partial charge in [0.05, 0.1) is 6.54 Å². The maximum Gasteiger partial charge on any atom is 0.251 e. The molecule has 0 fully saturated rings. The van der Waals surface area contributed by atoms with Gasteiger partial charge in [0, 0.05) is 26.2 Å². The van der Waals surface area contributed by atoms with Crippen molar-refractivity contribution in [2.75, 3.05) is 5.73 Å². The highest BCUT2D eigenvalue weighted by Gasteiger charge is 2.11. The molecule has 3 nitrogen and oxygen atoms in total. The number of carbonyl (C=O) groups excluding carboxylic acids is 1. The molecule has 0 saturated carbocycles. The van der Waals surface area contributed by atoms with Crippen molar-refractivity contribution in [3.8, 4) is 0 Å². The molecule has 0 aliphatic carbocycles. The van der Waals surface area contributed by atoms with E-state index in [-0.39, 0.29) is 17.2 Å². The van der Waals surface area contributed by atoms with Gasteiger partial charge in [-0.3, -0.25) is 4.79 Å². The predicted molar refractivity (Wildman–Crippen MR) is 78.7 cm³/mol. The van der Waals surface area contributed by atoms with Crippen LogP contribution in [0.3, 0.4) is 0 Å². The number of carbonyl (C=O) groups is 1. The lowest BCUT2D eigenvalue weighted by Crippen LogP contribution is -2.23. The number of nitrogen functional groups attached to an aromatic ring is 1. The predicted octanol–water partition coefficient (Wildman–Crippen LogP) is 3.47. The number of hydrogen-bond donors (Lipinski definition) is 2. The molecule has 1 aromatic heterocycles. The number of nitrogens with one attached hydrogen (secondary N) is 1. The van der Waals surface area contributed by atoms with Crippen molar-refractivity contribution in [2.24, 2.45) is 0 Å². The van der Waals surface area contributed by atoms with E-state index in [1.54, 1.807) is 6.92 Å². The standard InChI is InChI=1S/C13H12BrFN2OS/c1-7-10(15)4-8(5-11(7)16)13(18)17-6-12-9(14)2-3-19-12/h2-5H,6,16H2,1H3,(H,17,18). The van der Waals surface area contributed by atoms with E-state index < -0.39 is 5.82 Å². The molecule has 1 amide bonds. The summed E-state index contributed by atoms with van der Waals surface area (Å²) in [7, 11) is 0. The van der Waals surface area contributed by atoms with Crippen molar-refractivity contribution in [3.63, 3.8) is 0 Å². The third-order valence-corrected chi connectivity index (χ3v) is 4.67. The fourth-order valence-electron chi connectivity index (χ4n) is 1.55. The van der Waals surface area contributed by atoms with Gasteiger partial charge < -0.3 is 11.1 Å². The minimum absolute atomic E-state index is 0.230. The van der Waals surface area contributed by atoms with Crippen LogP contribution in [0.1, 0.15) is 20.8 Å². The number of nitrogens with two attached hydrogens (primary N) is 1. The fourth-order valence-corrected chi connectivity index (χ4v) is 2.98. The molecule has 0 saturated heterocycles. The van der Waals surface area contributed by atoms with Gasteiger partial charge in [-0.15, -0.1) is 11.3 Å². The zero-order valence-electron chi connectivity index (χ0n) is 10.2. The summed E-state index contributed by atoms with van der Waals surface area (Å²) < 4.78 is 14.5. The maximum atomic E-state index is 13.5. The zero-order chi connectivity index (χ0) is 14.0. The smallest absolute Gasteiger partial charge is 0.251 e. The molecule has 0 spiro atoms. The molecule has 0 aliphatic heterocycles. The van der Waals surface area contributed by atoms with Crippen LogP contribution in [0.15, 0.2) is 28.1 Å². The molecule has 0 bridgehead atoms. The third kappa shape index (κ3) is 3.13. The number of rotatable bonds is 3. The second-order valence-electron chi connectivity index (χ2n) is 4.05. The van der Waals surface area contributed by atoms with Crippen LogP contribution < -0.4 is 11.1 Å². The molecule has 0 radical (unpaired) electrons. The molecule has 6 heteroatoms. The largest absolute Gasteiger partial charge is 0.398 e. The normalized spacial score (nSPS) is 10.5. The van der Waals surface area contributed by atoms with E-state index in [9.17, 15) is 9.18 Å². The molecule has 0 atom stereocenters. The highest BCUT2D eigenvalue weighted by atomic mass is 79.9. The topological polar surface area (TPSA) is 55.1 Å². The first-order valence-corrected chi connectivity index (χ1v) is 7.22. The molecule has 1 aromatic carbocycles. The first-order chi connectivity index (χ1) is 8.99. The molecule has 0 aliphatic rings. The van der Waals surface area contributed by atoms with Crippen LogP contribution in [0, 0.1) is 12.7 Å². The van der Waals surface area contributed by atoms with Gasteiger partial charge in [0.1, 0.15) is 5.82 Å². The number of benzene rings is 1. The number of amides is 1. The fraction of sp³-hybridized carbons (Fsp3) is 0.154. The lowest BCUT2D eigenvalue weighted by Gasteiger charge is -2.07. The quantitative estimate of drug-likeness (QED) is 0.839. The second kappa shape index (κ2) is 5.71. The van der Waals surface area contributed by atoms with Crippen molar-refractivity contribution in [1.82, 2.24) is 5.32 Å². The second-order valence-corrected chi connectivity index (χ2v) is 5.90. The minimum atomic E-state index is -0.470. The number of anilines is 1. The Morgan fingerprint density at radius 1 is 1.53 bits per heavy atom. The molecule has 2 aromatic rings. The molecule has 19 heavy (non-hydrogen) atoms. The minimum Gasteiger partial charge on any atom is -0.398 e. The molecule has 2 rings (SSSR count). The van der Waals surface area contributed by atoms with Crippen molar-refractivity contribution in [1.29, 1.82) is 0 Å². The summed E-state index contributed by atoms with van der Waals surface area (Å²) in [6, 6.07) is 4.59. The summed E-state index contributed by atoms with van der Waals surface area (Å²) in [6.45, 7) is 1.97. The van der Waals surface area contributed by atoms with Crippen LogP contribution in [0.5, 0.6) is 0 Å². The van der Waals surface area contributed by atoms with Gasteiger partial charge in [-0.05, 0) is 46.4 Å². The molecular formula is C13H12BrFN2OS. The number of hydrogen-bond acceptors (Lipinski definition) is 3. The maximum absolute atomic E-state index is 13.5. The Morgan fingerprint density at radius 3 is 2.84 bits per heavy atom. The summed E-state index contributed by atoms with van der Waals surface area (Å²) in [5, 5.41) is 4.66. The Balaban J connectivity index is 2.10. The van der Waals surface area contributed by atoms with Gasteiger partial charge in [0.15, 0.2) is 0 Å². The molecule has 1 heterocycles. The first-order valence-electron chi connectivity index (χ1n) is 5.54. The van der Waals surface area contributed by atoms with Crippen molar-refractivity contribution in [2.45, 2.75) is 13.5 Å². The van der Waals surface area contributed by atoms with Gasteiger partial charge in [0.2, 0.25) is 0 Å². The molecule has 3 N–H and O–H groups in total. The van der Waals surface area contributed by atoms with Crippen molar-refractivity contribution in [3.05, 3.63) is 49.9 Å². The van der Waals surface area contributed by atoms with Crippen LogP contribution in [0.4, 0.5) is 10.1 Å². The Morgan fingerprint density at radius 2 is 2.26 bits per heavy atom. The van der Waals surface area contributed by atoms with E-state index in [4.69, 9.17) is 5.73 Å². The van der Waals surface area contributed by atoms with Gasteiger partial charge in [-0.1, -0.05) is 0 Å². The van der Waals surface area contributed by atoms with Crippen molar-refractivity contribution >= 4 is 38.9 Å². The van der Waals surface area contributed by atoms with Gasteiger partial charge >= 0.3 is 0 Å². The summed E-state index contributed by atoms with van der Waals surface area (Å²) >= 11 is 4.92. The van der Waals surface area contributed by atoms with Crippen LogP contribution in [-0.2, 0) is 6.54 Å². The Bertz CT molecular complexity index is 604. The average Bonchev–Trinajstić information content (AvgIpc) is 2.78. The molecular weight excluding hydrogens is 331 g/mol. The van der Waals surface area contributed by atoms with Crippen LogP contribution in [0.2, 0.25) is 0 Å². The van der Waals surface area contributed by atoms with Crippen molar-refractivity contribution < 1.29 is 9.18 Å². The Kier molecular flexibility index (Phi) is 4.21. The summed E-state index contributed by atoms with van der Waals surface area (Å²) in [5.41, 5.74) is 6.52. The SMILES string of the molecule is Cc1c(N)cc(C(=O)NCc2sccc2Br)cc1F. The van der Waals surface area contributed by atoms with Crippen LogP contribution in [-0.4, -0.2) is 5.91 Å². The molecule has 0 unspecified atom stereocenters. The summed E-state index contributed by atoms with van der Waals surface area (Å²) in [5.74, 6) is -0.812. The zero-order valence-corrected chi connectivity index (χ0v) is 12.6. The Hall–Kier alpha value is -1.40. The van der Waals surface area contributed by atoms with E-state index in [0.29, 0.717) is 12.1 Å². The van der Waals surface area contributed by atoms with Crippen LogP contribution >= 0.6 is 27.3 Å². The first kappa shape index (κ1) is 14.0. The average molecular weight is 343 g/mol. The van der Waals surface area contributed by atoms with Crippen LogP contribution in [0.25, 0.3) is 0 Å². The Labute approximate surface area is 122 Å². The number of thiophene rings is 1. The monoisotopic (exact) mass is 342 g/mol. The van der Waals surface area contributed by atoms with E-state index in [1.807, 2.05) is 11.4 Å². The highest BCUT2D eigenvalue weighted by Crippen LogP contribution is 2.22. The van der Waals surface area contributed by atoms with E-state index in [2.05, 4.69) is 21.2 Å². The summed E-state index contributed by atoms with van der Waals surface area (Å²) in [6.07, 6.45) is 0. The lowest BCUT2D eigenvalue weighted by molar-refractivity contribution is 0.0951.